The molecule has 1 atom stereocenters. The SMILES string of the molecule is CC1(C)CC(=O)C2=C(C1)Nc1nc(SCc3ccccc3F)[nH]c(=O)c1[C@H]2c1cccc(O)c1. The molecule has 0 spiro atoms. The van der Waals surface area contributed by atoms with Crippen LogP contribution in [0.4, 0.5) is 10.2 Å². The van der Waals surface area contributed by atoms with E-state index in [9.17, 15) is 19.1 Å². The topological polar surface area (TPSA) is 95.1 Å². The number of aromatic nitrogens is 2. The van der Waals surface area contributed by atoms with Crippen LogP contribution in [0.3, 0.4) is 0 Å². The molecule has 3 N–H and O–H groups in total. The smallest absolute Gasteiger partial charge is 0.257 e. The van der Waals surface area contributed by atoms with Crippen molar-refractivity contribution >= 4 is 23.4 Å². The van der Waals surface area contributed by atoms with Crippen LogP contribution < -0.4 is 10.9 Å². The minimum absolute atomic E-state index is 0.0184. The van der Waals surface area contributed by atoms with E-state index in [-0.39, 0.29) is 28.3 Å². The predicted octanol–water partition coefficient (Wildman–Crippen LogP) is 5.11. The van der Waals surface area contributed by atoms with E-state index in [2.05, 4.69) is 15.3 Å². The number of phenolic OH excluding ortho intramolecular Hbond substituents is 1. The summed E-state index contributed by atoms with van der Waals surface area (Å²) < 4.78 is 14.0. The Bertz CT molecular complexity index is 1400. The van der Waals surface area contributed by atoms with Gasteiger partial charge in [0.1, 0.15) is 17.4 Å². The highest BCUT2D eigenvalue weighted by atomic mass is 32.2. The Hall–Kier alpha value is -3.39. The van der Waals surface area contributed by atoms with Crippen LogP contribution in [0.25, 0.3) is 0 Å². The number of benzene rings is 2. The molecule has 2 aromatic carbocycles. The van der Waals surface area contributed by atoms with Crippen LogP contribution in [0.1, 0.15) is 49.3 Å². The standard InChI is InChI=1S/C26H24FN3O3S/c1-26(2)11-18-21(19(32)12-26)20(14-7-5-8-16(31)10-14)22-23(28-18)29-25(30-24(22)33)34-13-15-6-3-4-9-17(15)27/h3-10,20,31H,11-13H2,1-2H3,(H2,28,29,30,33)/t20-/m0/s1. The molecule has 174 valence electrons. The molecule has 8 heteroatoms. The van der Waals surface area contributed by atoms with Crippen molar-refractivity contribution in [2.45, 2.75) is 43.5 Å². The van der Waals surface area contributed by atoms with Crippen LogP contribution in [0.5, 0.6) is 5.75 Å². The van der Waals surface area contributed by atoms with E-state index < -0.39 is 5.92 Å². The average Bonchev–Trinajstić information content (AvgIpc) is 2.76. The maximum atomic E-state index is 14.0. The van der Waals surface area contributed by atoms with E-state index in [1.54, 1.807) is 42.5 Å². The number of nitrogens with zero attached hydrogens (tertiary/aromatic N) is 1. The van der Waals surface area contributed by atoms with Gasteiger partial charge in [-0.15, -0.1) is 0 Å². The molecule has 0 unspecified atom stereocenters. The van der Waals surface area contributed by atoms with Crippen LogP contribution in [-0.4, -0.2) is 20.9 Å². The monoisotopic (exact) mass is 477 g/mol. The number of H-pyrrole nitrogens is 1. The largest absolute Gasteiger partial charge is 0.508 e. The van der Waals surface area contributed by atoms with Gasteiger partial charge in [0.2, 0.25) is 0 Å². The molecule has 34 heavy (non-hydrogen) atoms. The summed E-state index contributed by atoms with van der Waals surface area (Å²) in [5.41, 5.74) is 2.22. The summed E-state index contributed by atoms with van der Waals surface area (Å²) in [4.78, 5) is 34.0. The number of carbonyl (C=O) groups excluding carboxylic acids is 1. The average molecular weight is 478 g/mol. The number of nitrogens with one attached hydrogen (secondary N) is 2. The third kappa shape index (κ3) is 4.14. The number of thioether (sulfide) groups is 1. The molecule has 0 fully saturated rings. The van der Waals surface area contributed by atoms with Gasteiger partial charge in [0.05, 0.1) is 5.56 Å². The Balaban J connectivity index is 1.59. The Kier molecular flexibility index (Phi) is 5.56. The summed E-state index contributed by atoms with van der Waals surface area (Å²) in [6, 6.07) is 13.1. The molecule has 3 aromatic rings. The van der Waals surface area contributed by atoms with Crippen molar-refractivity contribution in [3.8, 4) is 5.75 Å². The first-order valence-electron chi connectivity index (χ1n) is 11.0. The van der Waals surface area contributed by atoms with Crippen LogP contribution in [0.2, 0.25) is 0 Å². The number of fused-ring (bicyclic) bond motifs is 1. The molecular weight excluding hydrogens is 453 g/mol. The number of ketones is 1. The van der Waals surface area contributed by atoms with Gasteiger partial charge in [0, 0.05) is 29.4 Å². The number of hydrogen-bond acceptors (Lipinski definition) is 6. The molecule has 0 saturated carbocycles. The van der Waals surface area contributed by atoms with Crippen molar-refractivity contribution < 1.29 is 14.3 Å². The van der Waals surface area contributed by atoms with E-state index in [4.69, 9.17) is 0 Å². The van der Waals surface area contributed by atoms with Crippen molar-refractivity contribution in [1.29, 1.82) is 0 Å². The molecule has 2 heterocycles. The Labute approximate surface area is 200 Å². The maximum Gasteiger partial charge on any atom is 0.257 e. The van der Waals surface area contributed by atoms with Crippen LogP contribution in [0.15, 0.2) is 69.8 Å². The third-order valence-electron chi connectivity index (χ3n) is 6.23. The van der Waals surface area contributed by atoms with Crippen LogP contribution in [0, 0.1) is 11.2 Å². The second-order valence-corrected chi connectivity index (χ2v) is 10.5. The summed E-state index contributed by atoms with van der Waals surface area (Å²) in [5, 5.41) is 13.7. The molecule has 0 bridgehead atoms. The van der Waals surface area contributed by atoms with E-state index in [1.807, 2.05) is 13.8 Å². The lowest BCUT2D eigenvalue weighted by Crippen LogP contribution is -2.37. The first-order valence-corrected chi connectivity index (χ1v) is 12.0. The van der Waals surface area contributed by atoms with Gasteiger partial charge in [-0.25, -0.2) is 9.37 Å². The fourth-order valence-electron chi connectivity index (χ4n) is 4.76. The first-order chi connectivity index (χ1) is 16.2. The molecular formula is C26H24FN3O3S. The number of rotatable bonds is 4. The van der Waals surface area contributed by atoms with Crippen LogP contribution in [-0.2, 0) is 10.5 Å². The minimum atomic E-state index is -0.635. The first kappa shape index (κ1) is 22.4. The quantitative estimate of drug-likeness (QED) is 0.357. The molecule has 0 radical (unpaired) electrons. The number of aromatic amines is 1. The summed E-state index contributed by atoms with van der Waals surface area (Å²) in [7, 11) is 0. The molecule has 1 aliphatic heterocycles. The fourth-order valence-corrected chi connectivity index (χ4v) is 5.61. The molecule has 1 aromatic heterocycles. The van der Waals surface area contributed by atoms with Crippen molar-refractivity contribution in [3.05, 3.63) is 92.7 Å². The fraction of sp³-hybridized carbons (Fsp3) is 0.269. The van der Waals surface area contributed by atoms with E-state index >= 15 is 0 Å². The van der Waals surface area contributed by atoms with Gasteiger partial charge in [0.15, 0.2) is 10.9 Å². The highest BCUT2D eigenvalue weighted by Gasteiger charge is 2.42. The number of hydrogen-bond donors (Lipinski definition) is 3. The van der Waals surface area contributed by atoms with Crippen molar-refractivity contribution in [3.63, 3.8) is 0 Å². The number of halogens is 1. The summed E-state index contributed by atoms with van der Waals surface area (Å²) in [6.07, 6.45) is 1.01. The van der Waals surface area contributed by atoms with Crippen molar-refractivity contribution in [2.24, 2.45) is 5.41 Å². The minimum Gasteiger partial charge on any atom is -0.508 e. The zero-order chi connectivity index (χ0) is 24.0. The number of allylic oxidation sites excluding steroid dienone is 2. The number of carbonyl (C=O) groups is 1. The van der Waals surface area contributed by atoms with Gasteiger partial charge in [-0.2, -0.15) is 0 Å². The third-order valence-corrected chi connectivity index (χ3v) is 7.15. The molecule has 5 rings (SSSR count). The number of aromatic hydroxyl groups is 1. The Morgan fingerprint density at radius 1 is 1.15 bits per heavy atom. The highest BCUT2D eigenvalue weighted by molar-refractivity contribution is 7.98. The maximum absolute atomic E-state index is 14.0. The lowest BCUT2D eigenvalue weighted by Gasteiger charge is -2.38. The number of anilines is 1. The van der Waals surface area contributed by atoms with Gasteiger partial charge in [-0.05, 0) is 41.2 Å². The van der Waals surface area contributed by atoms with Gasteiger partial charge >= 0.3 is 0 Å². The zero-order valence-corrected chi connectivity index (χ0v) is 19.6. The van der Waals surface area contributed by atoms with Crippen LogP contribution >= 0.6 is 11.8 Å². The predicted molar refractivity (Wildman–Crippen MR) is 129 cm³/mol. The normalized spacial score (nSPS) is 18.8. The van der Waals surface area contributed by atoms with E-state index in [1.165, 1.54) is 17.8 Å². The molecule has 0 saturated heterocycles. The molecule has 6 nitrogen and oxygen atoms in total. The second-order valence-electron chi connectivity index (χ2n) is 9.50. The summed E-state index contributed by atoms with van der Waals surface area (Å²) >= 11 is 1.23. The van der Waals surface area contributed by atoms with Gasteiger partial charge < -0.3 is 15.4 Å². The van der Waals surface area contributed by atoms with Crippen molar-refractivity contribution in [1.82, 2.24) is 9.97 Å². The van der Waals surface area contributed by atoms with Crippen molar-refractivity contribution in [2.75, 3.05) is 5.32 Å². The summed E-state index contributed by atoms with van der Waals surface area (Å²) in [6.45, 7) is 4.08. The zero-order valence-electron chi connectivity index (χ0n) is 18.8. The van der Waals surface area contributed by atoms with Gasteiger partial charge in [-0.1, -0.05) is 55.9 Å². The van der Waals surface area contributed by atoms with Gasteiger partial charge in [-0.3, -0.25) is 9.59 Å². The molecule has 2 aliphatic rings. The van der Waals surface area contributed by atoms with Gasteiger partial charge in [0.25, 0.3) is 5.56 Å². The second kappa shape index (κ2) is 8.43. The molecule has 0 amide bonds. The Morgan fingerprint density at radius 2 is 1.94 bits per heavy atom. The number of phenols is 1. The highest BCUT2D eigenvalue weighted by Crippen LogP contribution is 2.48. The summed E-state index contributed by atoms with van der Waals surface area (Å²) in [5.74, 6) is -0.208. The molecule has 1 aliphatic carbocycles. The lowest BCUT2D eigenvalue weighted by atomic mass is 9.69. The van der Waals surface area contributed by atoms with E-state index in [0.717, 1.165) is 5.70 Å². The number of Topliss-reactive ketones (excluding diaryl/α,β-unsaturated/α-hetero) is 1. The Morgan fingerprint density at radius 3 is 2.71 bits per heavy atom. The lowest BCUT2D eigenvalue weighted by molar-refractivity contribution is -0.118. The van der Waals surface area contributed by atoms with E-state index in [0.29, 0.717) is 51.8 Å².